The van der Waals surface area contributed by atoms with Crippen molar-refractivity contribution in [1.29, 1.82) is 0 Å². The average Bonchev–Trinajstić information content (AvgIpc) is 3.01. The Kier molecular flexibility index (Phi) is 6.74. The molecular weight excluding hydrogens is 326 g/mol. The zero-order chi connectivity index (χ0) is 17.4. The van der Waals surface area contributed by atoms with E-state index >= 15 is 0 Å². The molecule has 2 aromatic rings. The third-order valence-electron chi connectivity index (χ3n) is 3.13. The summed E-state index contributed by atoms with van der Waals surface area (Å²) in [6.45, 7) is 4.86. The van der Waals surface area contributed by atoms with Crippen LogP contribution in [0.5, 0.6) is 5.75 Å². The standard InChI is InChI=1S/C17H21N3O3S/c1-3-23-15-6-4-13(5-7-15)17-20-14(11-24-17)10-16(22)19-9-8-18-12(2)21/h4-7,11H,3,8-10H2,1-2H3,(H,18,21)(H,19,22). The summed E-state index contributed by atoms with van der Waals surface area (Å²) < 4.78 is 5.42. The van der Waals surface area contributed by atoms with Crippen molar-refractivity contribution in [1.82, 2.24) is 15.6 Å². The number of ether oxygens (including phenoxy) is 1. The molecule has 2 amide bonds. The second-order valence-electron chi connectivity index (χ2n) is 5.11. The highest BCUT2D eigenvalue weighted by molar-refractivity contribution is 7.13. The largest absolute Gasteiger partial charge is 0.494 e. The molecule has 0 saturated heterocycles. The highest BCUT2D eigenvalue weighted by atomic mass is 32.1. The molecule has 0 aliphatic carbocycles. The van der Waals surface area contributed by atoms with Gasteiger partial charge in [-0.25, -0.2) is 4.98 Å². The Morgan fingerprint density at radius 3 is 2.54 bits per heavy atom. The lowest BCUT2D eigenvalue weighted by molar-refractivity contribution is -0.121. The average molecular weight is 347 g/mol. The Morgan fingerprint density at radius 1 is 1.17 bits per heavy atom. The van der Waals surface area contributed by atoms with E-state index < -0.39 is 0 Å². The molecule has 2 N–H and O–H groups in total. The molecular formula is C17H21N3O3S. The Morgan fingerprint density at radius 2 is 1.88 bits per heavy atom. The lowest BCUT2D eigenvalue weighted by Crippen LogP contribution is -2.34. The van der Waals surface area contributed by atoms with Crippen LogP contribution >= 0.6 is 11.3 Å². The number of nitrogens with one attached hydrogen (secondary N) is 2. The number of benzene rings is 1. The summed E-state index contributed by atoms with van der Waals surface area (Å²) in [5.41, 5.74) is 1.74. The van der Waals surface area contributed by atoms with Crippen LogP contribution < -0.4 is 15.4 Å². The molecule has 0 fully saturated rings. The van der Waals surface area contributed by atoms with E-state index in [0.717, 1.165) is 22.0 Å². The van der Waals surface area contributed by atoms with Crippen LogP contribution in [0.1, 0.15) is 19.5 Å². The van der Waals surface area contributed by atoms with Crippen LogP contribution in [-0.2, 0) is 16.0 Å². The number of amides is 2. The fraction of sp³-hybridized carbons (Fsp3) is 0.353. The molecule has 6 nitrogen and oxygen atoms in total. The molecule has 2 rings (SSSR count). The molecule has 0 bridgehead atoms. The molecule has 0 spiro atoms. The van der Waals surface area contributed by atoms with E-state index in [1.165, 1.54) is 18.3 Å². The lowest BCUT2D eigenvalue weighted by atomic mass is 10.2. The fourth-order valence-corrected chi connectivity index (χ4v) is 2.87. The van der Waals surface area contributed by atoms with Crippen molar-refractivity contribution < 1.29 is 14.3 Å². The van der Waals surface area contributed by atoms with Crippen molar-refractivity contribution in [3.63, 3.8) is 0 Å². The number of carbonyl (C=O) groups excluding carboxylic acids is 2. The highest BCUT2D eigenvalue weighted by Crippen LogP contribution is 2.25. The first-order valence-electron chi connectivity index (χ1n) is 7.77. The summed E-state index contributed by atoms with van der Waals surface area (Å²) in [6.07, 6.45) is 0.230. The topological polar surface area (TPSA) is 80.3 Å². The van der Waals surface area contributed by atoms with Gasteiger partial charge < -0.3 is 15.4 Å². The number of hydrogen-bond acceptors (Lipinski definition) is 5. The van der Waals surface area contributed by atoms with Crippen LogP contribution in [0.4, 0.5) is 0 Å². The van der Waals surface area contributed by atoms with E-state index in [4.69, 9.17) is 4.74 Å². The molecule has 24 heavy (non-hydrogen) atoms. The van der Waals surface area contributed by atoms with Crippen molar-refractivity contribution in [2.24, 2.45) is 0 Å². The van der Waals surface area contributed by atoms with Crippen molar-refractivity contribution >= 4 is 23.2 Å². The maximum atomic E-state index is 11.8. The molecule has 0 radical (unpaired) electrons. The lowest BCUT2D eigenvalue weighted by Gasteiger charge is -2.04. The molecule has 1 aromatic carbocycles. The summed E-state index contributed by atoms with van der Waals surface area (Å²) in [6, 6.07) is 7.74. The fourth-order valence-electron chi connectivity index (χ4n) is 2.05. The van der Waals surface area contributed by atoms with E-state index in [9.17, 15) is 9.59 Å². The van der Waals surface area contributed by atoms with E-state index in [2.05, 4.69) is 15.6 Å². The maximum Gasteiger partial charge on any atom is 0.226 e. The van der Waals surface area contributed by atoms with Crippen LogP contribution in [0.2, 0.25) is 0 Å². The summed E-state index contributed by atoms with van der Waals surface area (Å²) in [4.78, 5) is 27.1. The van der Waals surface area contributed by atoms with Crippen molar-refractivity contribution in [2.75, 3.05) is 19.7 Å². The third-order valence-corrected chi connectivity index (χ3v) is 4.07. The quantitative estimate of drug-likeness (QED) is 0.716. The molecule has 128 valence electrons. The van der Waals surface area contributed by atoms with Crippen LogP contribution in [0.25, 0.3) is 10.6 Å². The van der Waals surface area contributed by atoms with Crippen LogP contribution in [-0.4, -0.2) is 36.5 Å². The van der Waals surface area contributed by atoms with E-state index in [1.54, 1.807) is 0 Å². The van der Waals surface area contributed by atoms with Crippen LogP contribution in [0, 0.1) is 0 Å². The highest BCUT2D eigenvalue weighted by Gasteiger charge is 2.09. The summed E-state index contributed by atoms with van der Waals surface area (Å²) in [7, 11) is 0. The molecule has 1 aromatic heterocycles. The normalized spacial score (nSPS) is 10.2. The molecule has 0 aliphatic rings. The Labute approximate surface area is 145 Å². The van der Waals surface area contributed by atoms with Crippen molar-refractivity contribution in [3.05, 3.63) is 35.3 Å². The molecule has 7 heteroatoms. The first-order valence-corrected chi connectivity index (χ1v) is 8.65. The van der Waals surface area contributed by atoms with Gasteiger partial charge >= 0.3 is 0 Å². The Bertz CT molecular complexity index is 683. The maximum absolute atomic E-state index is 11.8. The van der Waals surface area contributed by atoms with Gasteiger partial charge in [0, 0.05) is 31.0 Å². The van der Waals surface area contributed by atoms with E-state index in [1.807, 2.05) is 36.6 Å². The number of thiazole rings is 1. The Hall–Kier alpha value is -2.41. The number of hydrogen-bond donors (Lipinski definition) is 2. The van der Waals surface area contributed by atoms with Gasteiger partial charge in [-0.15, -0.1) is 11.3 Å². The zero-order valence-electron chi connectivity index (χ0n) is 13.8. The first kappa shape index (κ1) is 17.9. The number of carbonyl (C=O) groups is 2. The van der Waals surface area contributed by atoms with Crippen molar-refractivity contribution in [2.45, 2.75) is 20.3 Å². The van der Waals surface area contributed by atoms with E-state index in [0.29, 0.717) is 19.7 Å². The zero-order valence-corrected chi connectivity index (χ0v) is 14.6. The van der Waals surface area contributed by atoms with Gasteiger partial charge in [-0.1, -0.05) is 0 Å². The number of nitrogens with zero attached hydrogens (tertiary/aromatic N) is 1. The summed E-state index contributed by atoms with van der Waals surface area (Å²) in [5.74, 6) is 0.615. The first-order chi connectivity index (χ1) is 11.6. The minimum Gasteiger partial charge on any atom is -0.494 e. The SMILES string of the molecule is CCOc1ccc(-c2nc(CC(=O)NCCNC(C)=O)cs2)cc1. The smallest absolute Gasteiger partial charge is 0.226 e. The predicted octanol–water partition coefficient (Wildman–Crippen LogP) is 2.00. The minimum atomic E-state index is -0.108. The molecule has 0 aliphatic heterocycles. The molecule has 0 atom stereocenters. The second-order valence-corrected chi connectivity index (χ2v) is 5.97. The third kappa shape index (κ3) is 5.66. The van der Waals surface area contributed by atoms with Gasteiger partial charge in [0.2, 0.25) is 11.8 Å². The van der Waals surface area contributed by atoms with Gasteiger partial charge in [0.1, 0.15) is 10.8 Å². The summed E-state index contributed by atoms with van der Waals surface area (Å²) >= 11 is 1.51. The van der Waals surface area contributed by atoms with Crippen LogP contribution in [0.3, 0.4) is 0 Å². The molecule has 0 saturated carbocycles. The molecule has 1 heterocycles. The predicted molar refractivity (Wildman–Crippen MR) is 94.1 cm³/mol. The monoisotopic (exact) mass is 347 g/mol. The van der Waals surface area contributed by atoms with Gasteiger partial charge in [-0.3, -0.25) is 9.59 Å². The van der Waals surface area contributed by atoms with Gasteiger partial charge in [0.25, 0.3) is 0 Å². The number of rotatable bonds is 8. The van der Waals surface area contributed by atoms with Gasteiger partial charge in [-0.05, 0) is 31.2 Å². The van der Waals surface area contributed by atoms with Gasteiger partial charge in [0.05, 0.1) is 18.7 Å². The summed E-state index contributed by atoms with van der Waals surface area (Å²) in [5, 5.41) is 8.14. The number of aromatic nitrogens is 1. The minimum absolute atomic E-state index is 0.108. The van der Waals surface area contributed by atoms with E-state index in [-0.39, 0.29) is 18.2 Å². The van der Waals surface area contributed by atoms with Crippen molar-refractivity contribution in [3.8, 4) is 16.3 Å². The van der Waals surface area contributed by atoms with Gasteiger partial charge in [-0.2, -0.15) is 0 Å². The van der Waals surface area contributed by atoms with Gasteiger partial charge in [0.15, 0.2) is 0 Å². The second kappa shape index (κ2) is 9.02. The van der Waals surface area contributed by atoms with Crippen LogP contribution in [0.15, 0.2) is 29.6 Å². The molecule has 0 unspecified atom stereocenters. The Balaban J connectivity index is 1.86.